The Morgan fingerprint density at radius 1 is 1.24 bits per heavy atom. The number of allylic oxidation sites excluding steroid dienone is 1. The fourth-order valence-electron chi connectivity index (χ4n) is 4.48. The van der Waals surface area contributed by atoms with Crippen molar-refractivity contribution in [1.29, 1.82) is 5.26 Å². The number of aliphatic hydroxyl groups is 1. The molecule has 0 bridgehead atoms. The van der Waals surface area contributed by atoms with Crippen molar-refractivity contribution in [3.05, 3.63) is 106 Å². The van der Waals surface area contributed by atoms with Gasteiger partial charge in [0.05, 0.1) is 24.1 Å². The van der Waals surface area contributed by atoms with E-state index in [0.29, 0.717) is 45.1 Å². The number of rotatable bonds is 4. The van der Waals surface area contributed by atoms with Crippen molar-refractivity contribution in [2.24, 2.45) is 0 Å². The van der Waals surface area contributed by atoms with Crippen molar-refractivity contribution in [3.63, 3.8) is 0 Å². The van der Waals surface area contributed by atoms with Crippen LogP contribution in [-0.4, -0.2) is 21.6 Å². The van der Waals surface area contributed by atoms with Gasteiger partial charge in [-0.3, -0.25) is 0 Å². The molecule has 3 heterocycles. The van der Waals surface area contributed by atoms with Gasteiger partial charge in [-0.15, -0.1) is 0 Å². The first-order valence-corrected chi connectivity index (χ1v) is 10.8. The van der Waals surface area contributed by atoms with E-state index in [1.807, 2.05) is 47.0 Å². The molecule has 0 radical (unpaired) electrons. The van der Waals surface area contributed by atoms with Crippen LogP contribution in [0.25, 0.3) is 11.2 Å². The molecule has 0 saturated heterocycles. The van der Waals surface area contributed by atoms with Gasteiger partial charge < -0.3 is 19.0 Å². The van der Waals surface area contributed by atoms with E-state index in [2.05, 4.69) is 11.1 Å². The summed E-state index contributed by atoms with van der Waals surface area (Å²) in [5.74, 6) is -0.0277. The molecule has 1 unspecified atom stereocenters. The number of fused-ring (bicyclic) bond motifs is 3. The van der Waals surface area contributed by atoms with Crippen LogP contribution >= 0.6 is 0 Å². The lowest BCUT2D eigenvalue weighted by Crippen LogP contribution is -2.09. The second-order valence-corrected chi connectivity index (χ2v) is 8.17. The van der Waals surface area contributed by atoms with Gasteiger partial charge in [-0.1, -0.05) is 18.2 Å². The number of imidazole rings is 1. The van der Waals surface area contributed by atoms with Crippen LogP contribution in [0.4, 0.5) is 4.39 Å². The number of hydrogen-bond acceptors (Lipinski definition) is 5. The highest BCUT2D eigenvalue weighted by atomic mass is 19.1. The smallest absolute Gasteiger partial charge is 0.137 e. The van der Waals surface area contributed by atoms with Gasteiger partial charge in [0.2, 0.25) is 0 Å². The number of aromatic nitrogens is 2. The number of pyridine rings is 1. The van der Waals surface area contributed by atoms with E-state index < -0.39 is 11.9 Å². The van der Waals surface area contributed by atoms with E-state index in [1.165, 1.54) is 12.1 Å². The van der Waals surface area contributed by atoms with Crippen molar-refractivity contribution in [2.45, 2.75) is 26.2 Å². The third-order valence-corrected chi connectivity index (χ3v) is 6.04. The number of nitriles is 1. The number of methoxy groups -OCH3 is 1. The SMILES string of the molecule is COCc1nc2ccccn2c1C(O)c1ccc2c(c1)COc1cc(F)ccc1/C2=C(/C)C#N. The maximum atomic E-state index is 13.9. The number of nitrogens with zero attached hydrogens (tertiary/aromatic N) is 3. The summed E-state index contributed by atoms with van der Waals surface area (Å²) in [6, 6.07) is 17.8. The Kier molecular flexibility index (Phi) is 5.62. The van der Waals surface area contributed by atoms with E-state index in [4.69, 9.17) is 9.47 Å². The lowest BCUT2D eigenvalue weighted by Gasteiger charge is -2.17. The molecular weight excluding hydrogens is 433 g/mol. The average molecular weight is 455 g/mol. The largest absolute Gasteiger partial charge is 0.488 e. The Hall–Kier alpha value is -3.99. The number of benzene rings is 2. The standard InChI is InChI=1S/C27H22FN3O3/c1-16(13-29)25-20-8-6-17(11-18(20)14-34-23-12-19(28)7-9-21(23)25)27(32)26-22(15-33-2)30-24-5-3-4-10-31(24)26/h3-12,27,32H,14-15H2,1-2H3/b25-16-. The maximum Gasteiger partial charge on any atom is 0.137 e. The van der Waals surface area contributed by atoms with Crippen LogP contribution in [0.3, 0.4) is 0 Å². The second-order valence-electron chi connectivity index (χ2n) is 8.17. The predicted octanol–water partition coefficient (Wildman–Crippen LogP) is 4.94. The lowest BCUT2D eigenvalue weighted by molar-refractivity contribution is 0.172. The number of aliphatic hydroxyl groups excluding tert-OH is 1. The minimum absolute atomic E-state index is 0.173. The summed E-state index contributed by atoms with van der Waals surface area (Å²) in [5.41, 5.74) is 6.10. The Morgan fingerprint density at radius 2 is 2.06 bits per heavy atom. The van der Waals surface area contributed by atoms with Crippen LogP contribution < -0.4 is 4.74 Å². The average Bonchev–Trinajstić information content (AvgIpc) is 3.13. The van der Waals surface area contributed by atoms with Crippen LogP contribution in [0.15, 0.2) is 66.4 Å². The normalized spacial score (nSPS) is 15.0. The molecule has 2 aromatic carbocycles. The van der Waals surface area contributed by atoms with Crippen LogP contribution in [0.1, 0.15) is 46.7 Å². The highest BCUT2D eigenvalue weighted by Gasteiger charge is 2.25. The summed E-state index contributed by atoms with van der Waals surface area (Å²) in [4.78, 5) is 4.61. The third kappa shape index (κ3) is 3.63. The molecular formula is C27H22FN3O3. The first kappa shape index (κ1) is 21.8. The second kappa shape index (κ2) is 8.75. The van der Waals surface area contributed by atoms with E-state index >= 15 is 0 Å². The van der Waals surface area contributed by atoms with Crippen molar-refractivity contribution in [1.82, 2.24) is 9.38 Å². The maximum absolute atomic E-state index is 13.9. The van der Waals surface area contributed by atoms with Crippen LogP contribution in [-0.2, 0) is 18.0 Å². The first-order chi connectivity index (χ1) is 16.5. The Labute approximate surface area is 196 Å². The highest BCUT2D eigenvalue weighted by Crippen LogP contribution is 2.40. The zero-order chi connectivity index (χ0) is 23.8. The van der Waals surface area contributed by atoms with Gasteiger partial charge in [-0.25, -0.2) is 9.37 Å². The molecule has 0 spiro atoms. The summed E-state index contributed by atoms with van der Waals surface area (Å²) >= 11 is 0. The van der Waals surface area contributed by atoms with Gasteiger partial charge in [0, 0.05) is 36.1 Å². The first-order valence-electron chi connectivity index (χ1n) is 10.8. The zero-order valence-electron chi connectivity index (χ0n) is 18.7. The van der Waals surface area contributed by atoms with Gasteiger partial charge in [0.25, 0.3) is 0 Å². The lowest BCUT2D eigenvalue weighted by atomic mass is 9.89. The molecule has 34 heavy (non-hydrogen) atoms. The molecule has 0 aliphatic carbocycles. The molecule has 1 aliphatic heterocycles. The molecule has 7 heteroatoms. The molecule has 0 saturated carbocycles. The fraction of sp³-hybridized carbons (Fsp3) is 0.185. The molecule has 0 amide bonds. The van der Waals surface area contributed by atoms with Crippen molar-refractivity contribution in [2.75, 3.05) is 7.11 Å². The predicted molar refractivity (Wildman–Crippen MR) is 124 cm³/mol. The molecule has 1 aliphatic rings. The molecule has 2 aromatic heterocycles. The summed E-state index contributed by atoms with van der Waals surface area (Å²) in [5, 5.41) is 21.1. The summed E-state index contributed by atoms with van der Waals surface area (Å²) in [6.07, 6.45) is 0.884. The van der Waals surface area contributed by atoms with E-state index in [9.17, 15) is 14.8 Å². The molecule has 1 atom stereocenters. The summed E-state index contributed by atoms with van der Waals surface area (Å²) in [6.45, 7) is 2.17. The monoisotopic (exact) mass is 455 g/mol. The fourth-order valence-corrected chi connectivity index (χ4v) is 4.48. The van der Waals surface area contributed by atoms with Crippen LogP contribution in [0.5, 0.6) is 5.75 Å². The summed E-state index contributed by atoms with van der Waals surface area (Å²) < 4.78 is 27.0. The Balaban J connectivity index is 1.64. The van der Waals surface area contributed by atoms with Crippen LogP contribution in [0, 0.1) is 17.1 Å². The number of halogens is 1. The molecule has 170 valence electrons. The Morgan fingerprint density at radius 3 is 2.85 bits per heavy atom. The molecule has 1 N–H and O–H groups in total. The third-order valence-electron chi connectivity index (χ3n) is 6.04. The minimum atomic E-state index is -0.972. The van der Waals surface area contributed by atoms with Crippen molar-refractivity contribution in [3.8, 4) is 11.8 Å². The Bertz CT molecular complexity index is 1480. The van der Waals surface area contributed by atoms with E-state index in [1.54, 1.807) is 20.1 Å². The quantitative estimate of drug-likeness (QED) is 0.441. The van der Waals surface area contributed by atoms with Gasteiger partial charge in [0.1, 0.15) is 29.9 Å². The molecule has 6 nitrogen and oxygen atoms in total. The van der Waals surface area contributed by atoms with Crippen molar-refractivity contribution < 1.29 is 19.0 Å². The van der Waals surface area contributed by atoms with Crippen molar-refractivity contribution >= 4 is 11.2 Å². The van der Waals surface area contributed by atoms with Gasteiger partial charge in [0.15, 0.2) is 0 Å². The van der Waals surface area contributed by atoms with Crippen LogP contribution in [0.2, 0.25) is 0 Å². The minimum Gasteiger partial charge on any atom is -0.488 e. The van der Waals surface area contributed by atoms with Gasteiger partial charge >= 0.3 is 0 Å². The molecule has 0 fully saturated rings. The van der Waals surface area contributed by atoms with Gasteiger partial charge in [-0.05, 0) is 53.9 Å². The van der Waals surface area contributed by atoms with E-state index in [0.717, 1.165) is 11.1 Å². The topological polar surface area (TPSA) is 79.8 Å². The number of hydrogen-bond donors (Lipinski definition) is 1. The summed E-state index contributed by atoms with van der Waals surface area (Å²) in [7, 11) is 1.59. The highest BCUT2D eigenvalue weighted by molar-refractivity contribution is 5.88. The molecule has 5 rings (SSSR count). The zero-order valence-corrected chi connectivity index (χ0v) is 18.7. The number of ether oxygens (including phenoxy) is 2. The molecule has 4 aromatic rings. The van der Waals surface area contributed by atoms with E-state index in [-0.39, 0.29) is 13.2 Å². The van der Waals surface area contributed by atoms with Gasteiger partial charge in [-0.2, -0.15) is 5.26 Å².